The van der Waals surface area contributed by atoms with E-state index in [0.717, 1.165) is 23.9 Å². The fraction of sp³-hybridized carbons (Fsp3) is 0.923. The van der Waals surface area contributed by atoms with Gasteiger partial charge in [-0.25, -0.2) is 0 Å². The number of hydrogen-bond donors (Lipinski definition) is 1. The Morgan fingerprint density at radius 2 is 1.64 bits per heavy atom. The van der Waals surface area contributed by atoms with Gasteiger partial charge in [-0.1, -0.05) is 12.8 Å². The molecule has 14 heavy (non-hydrogen) atoms. The third kappa shape index (κ3) is 2.13. The zero-order valence-corrected chi connectivity index (χ0v) is 9.04. The van der Waals surface area contributed by atoms with Crippen LogP contribution in [0.15, 0.2) is 0 Å². The average molecular weight is 192 g/mol. The van der Waals surface area contributed by atoms with E-state index >= 15 is 0 Å². The Hall–Kier alpha value is -0.0400. The Morgan fingerprint density at radius 1 is 0.929 bits per heavy atom. The minimum Gasteiger partial charge on any atom is -0.310 e. The fourth-order valence-electron chi connectivity index (χ4n) is 2.91. The highest BCUT2D eigenvalue weighted by atomic mass is 15.0. The van der Waals surface area contributed by atoms with Crippen LogP contribution in [-0.2, 0) is 0 Å². The molecule has 1 heteroatoms. The Kier molecular flexibility index (Phi) is 2.53. The summed E-state index contributed by atoms with van der Waals surface area (Å²) >= 11 is 0. The van der Waals surface area contributed by atoms with Crippen LogP contribution in [0.25, 0.3) is 0 Å². The van der Waals surface area contributed by atoms with E-state index < -0.39 is 0 Å². The molecule has 0 aromatic heterocycles. The van der Waals surface area contributed by atoms with Gasteiger partial charge in [-0.3, -0.25) is 0 Å². The first-order chi connectivity index (χ1) is 6.93. The predicted octanol–water partition coefficient (Wildman–Crippen LogP) is 2.91. The maximum atomic E-state index is 3.92. The molecule has 1 N–H and O–H groups in total. The SMILES string of the molecule is [CH]1CCCCC1NC(C1CC1)C1CC1. The Morgan fingerprint density at radius 3 is 2.14 bits per heavy atom. The Balaban J connectivity index is 1.52. The zero-order valence-electron chi connectivity index (χ0n) is 9.04. The lowest BCUT2D eigenvalue weighted by molar-refractivity contribution is 0.343. The number of rotatable bonds is 4. The molecule has 1 nitrogen and oxygen atoms in total. The van der Waals surface area contributed by atoms with Crippen LogP contribution in [-0.4, -0.2) is 12.1 Å². The second-order valence-corrected chi connectivity index (χ2v) is 5.49. The summed E-state index contributed by atoms with van der Waals surface area (Å²) in [5, 5.41) is 3.92. The number of hydrogen-bond acceptors (Lipinski definition) is 1. The van der Waals surface area contributed by atoms with Gasteiger partial charge in [-0.2, -0.15) is 0 Å². The van der Waals surface area contributed by atoms with Gasteiger partial charge in [0.05, 0.1) is 0 Å². The van der Waals surface area contributed by atoms with Crippen LogP contribution in [0.1, 0.15) is 51.4 Å². The summed E-state index contributed by atoms with van der Waals surface area (Å²) in [7, 11) is 0. The average Bonchev–Trinajstić information content (AvgIpc) is 3.08. The number of nitrogens with one attached hydrogen (secondary N) is 1. The summed E-state index contributed by atoms with van der Waals surface area (Å²) in [4.78, 5) is 0. The van der Waals surface area contributed by atoms with E-state index in [2.05, 4.69) is 11.7 Å². The molecule has 1 atom stereocenters. The zero-order chi connectivity index (χ0) is 9.38. The molecule has 0 aromatic rings. The Labute approximate surface area is 87.7 Å². The molecule has 79 valence electrons. The minimum absolute atomic E-state index is 0.759. The quantitative estimate of drug-likeness (QED) is 0.722. The summed E-state index contributed by atoms with van der Waals surface area (Å²) in [5.41, 5.74) is 0. The van der Waals surface area contributed by atoms with Crippen LogP contribution >= 0.6 is 0 Å². The Bertz CT molecular complexity index is 175. The maximum absolute atomic E-state index is 3.92. The lowest BCUT2D eigenvalue weighted by Gasteiger charge is -2.28. The van der Waals surface area contributed by atoms with E-state index in [4.69, 9.17) is 0 Å². The molecule has 3 saturated carbocycles. The van der Waals surface area contributed by atoms with Gasteiger partial charge in [0.15, 0.2) is 0 Å². The highest BCUT2D eigenvalue weighted by Crippen LogP contribution is 2.45. The summed E-state index contributed by atoms with van der Waals surface area (Å²) in [5.74, 6) is 2.11. The highest BCUT2D eigenvalue weighted by Gasteiger charge is 2.42. The molecule has 3 rings (SSSR count). The van der Waals surface area contributed by atoms with Crippen LogP contribution < -0.4 is 5.32 Å². The molecule has 3 aliphatic rings. The van der Waals surface area contributed by atoms with Crippen molar-refractivity contribution in [3.05, 3.63) is 6.42 Å². The molecule has 0 heterocycles. The lowest BCUT2D eigenvalue weighted by atomic mass is 9.93. The van der Waals surface area contributed by atoms with Crippen molar-refractivity contribution in [1.29, 1.82) is 0 Å². The smallest absolute Gasteiger partial charge is 0.0126 e. The van der Waals surface area contributed by atoms with Gasteiger partial charge in [-0.05, 0) is 56.8 Å². The summed E-state index contributed by atoms with van der Waals surface area (Å²) in [6.07, 6.45) is 14.1. The topological polar surface area (TPSA) is 12.0 Å². The van der Waals surface area contributed by atoms with Crippen molar-refractivity contribution in [2.24, 2.45) is 11.8 Å². The molecule has 0 amide bonds. The first kappa shape index (κ1) is 9.21. The molecule has 3 aliphatic carbocycles. The van der Waals surface area contributed by atoms with E-state index in [1.165, 1.54) is 51.4 Å². The standard InChI is InChI=1S/C13H22N/c1-2-4-12(5-3-1)14-13(10-6-7-10)11-8-9-11/h4,10-14H,1-3,5-9H2. The second-order valence-electron chi connectivity index (χ2n) is 5.49. The summed E-state index contributed by atoms with van der Waals surface area (Å²) in [6.45, 7) is 0. The van der Waals surface area contributed by atoms with Crippen molar-refractivity contribution in [2.75, 3.05) is 0 Å². The molecule has 1 radical (unpaired) electrons. The largest absolute Gasteiger partial charge is 0.310 e. The van der Waals surface area contributed by atoms with Crippen LogP contribution in [0, 0.1) is 18.3 Å². The minimum atomic E-state index is 0.759. The van der Waals surface area contributed by atoms with Gasteiger partial charge in [0.1, 0.15) is 0 Å². The second kappa shape index (κ2) is 3.84. The highest BCUT2D eigenvalue weighted by molar-refractivity contribution is 5.00. The molecule has 0 bridgehead atoms. The van der Waals surface area contributed by atoms with E-state index in [1.807, 2.05) is 0 Å². The molecule has 3 fully saturated rings. The molecule has 0 spiro atoms. The van der Waals surface area contributed by atoms with Crippen LogP contribution in [0.2, 0.25) is 0 Å². The van der Waals surface area contributed by atoms with Crippen molar-refractivity contribution in [1.82, 2.24) is 5.32 Å². The van der Waals surface area contributed by atoms with E-state index in [1.54, 1.807) is 0 Å². The van der Waals surface area contributed by atoms with Gasteiger partial charge in [0.25, 0.3) is 0 Å². The van der Waals surface area contributed by atoms with Crippen molar-refractivity contribution in [2.45, 2.75) is 63.5 Å². The van der Waals surface area contributed by atoms with Crippen molar-refractivity contribution >= 4 is 0 Å². The van der Waals surface area contributed by atoms with Crippen molar-refractivity contribution in [3.63, 3.8) is 0 Å². The molecular weight excluding hydrogens is 170 g/mol. The van der Waals surface area contributed by atoms with E-state index in [0.29, 0.717) is 0 Å². The fourth-order valence-corrected chi connectivity index (χ4v) is 2.91. The first-order valence-electron chi connectivity index (χ1n) is 6.53. The maximum Gasteiger partial charge on any atom is 0.0126 e. The van der Waals surface area contributed by atoms with Crippen molar-refractivity contribution < 1.29 is 0 Å². The third-order valence-electron chi connectivity index (χ3n) is 4.09. The normalized spacial score (nSPS) is 29.8. The van der Waals surface area contributed by atoms with Crippen LogP contribution in [0.5, 0.6) is 0 Å². The third-order valence-corrected chi connectivity index (χ3v) is 4.09. The van der Waals surface area contributed by atoms with Gasteiger partial charge in [-0.15, -0.1) is 0 Å². The lowest BCUT2D eigenvalue weighted by Crippen LogP contribution is -2.42. The molecule has 0 aliphatic heterocycles. The van der Waals surface area contributed by atoms with Crippen LogP contribution in [0.4, 0.5) is 0 Å². The first-order valence-corrected chi connectivity index (χ1v) is 6.53. The van der Waals surface area contributed by atoms with Gasteiger partial charge >= 0.3 is 0 Å². The van der Waals surface area contributed by atoms with E-state index in [9.17, 15) is 0 Å². The molecular formula is C13H22N. The van der Waals surface area contributed by atoms with Gasteiger partial charge in [0, 0.05) is 12.1 Å². The van der Waals surface area contributed by atoms with Gasteiger partial charge < -0.3 is 5.32 Å². The molecule has 1 unspecified atom stereocenters. The molecule has 0 saturated heterocycles. The van der Waals surface area contributed by atoms with Crippen LogP contribution in [0.3, 0.4) is 0 Å². The monoisotopic (exact) mass is 192 g/mol. The molecule has 0 aromatic carbocycles. The summed E-state index contributed by atoms with van der Waals surface area (Å²) < 4.78 is 0. The predicted molar refractivity (Wildman–Crippen MR) is 58.9 cm³/mol. The van der Waals surface area contributed by atoms with Gasteiger partial charge in [0.2, 0.25) is 0 Å². The van der Waals surface area contributed by atoms with E-state index in [-0.39, 0.29) is 0 Å². The summed E-state index contributed by atoms with van der Waals surface area (Å²) in [6, 6.07) is 1.66. The van der Waals surface area contributed by atoms with Crippen molar-refractivity contribution in [3.8, 4) is 0 Å².